The first-order valence-corrected chi connectivity index (χ1v) is 11.0. The lowest BCUT2D eigenvalue weighted by molar-refractivity contribution is 0.229. The summed E-state index contributed by atoms with van der Waals surface area (Å²) in [5, 5.41) is 9.78. The molecule has 2 fully saturated rings. The fourth-order valence-corrected chi connectivity index (χ4v) is 5.14. The molecule has 5 nitrogen and oxygen atoms in total. The van der Waals surface area contributed by atoms with Crippen LogP contribution in [-0.4, -0.2) is 21.0 Å². The molecule has 1 atom stereocenters. The molecule has 1 aliphatic heterocycles. The average molecular weight is 399 g/mol. The van der Waals surface area contributed by atoms with Gasteiger partial charge in [-0.1, -0.05) is 37.1 Å². The minimum Gasteiger partial charge on any atom is -0.292 e. The van der Waals surface area contributed by atoms with Gasteiger partial charge in [-0.2, -0.15) is 5.26 Å². The minimum absolute atomic E-state index is 0.118. The van der Waals surface area contributed by atoms with Crippen molar-refractivity contribution in [3.05, 3.63) is 75.8 Å². The van der Waals surface area contributed by atoms with Crippen LogP contribution < -0.4 is 5.56 Å². The molecule has 0 amide bonds. The number of hydrogen-bond acceptors (Lipinski definition) is 4. The third-order valence-corrected chi connectivity index (χ3v) is 6.66. The molecule has 5 heteroatoms. The SMILES string of the molecule is N#Cc1ccc(CN2CCCC2c2nc3ccccc3c(=O)n2C2CCCC2)cc1. The Morgan fingerprint density at radius 3 is 2.53 bits per heavy atom. The number of nitrogens with zero attached hydrogens (tertiary/aromatic N) is 4. The molecule has 1 saturated heterocycles. The summed E-state index contributed by atoms with van der Waals surface area (Å²) >= 11 is 0. The maximum absolute atomic E-state index is 13.5. The van der Waals surface area contributed by atoms with Crippen molar-refractivity contribution in [2.75, 3.05) is 6.54 Å². The number of para-hydroxylation sites is 1. The van der Waals surface area contributed by atoms with E-state index >= 15 is 0 Å². The highest BCUT2D eigenvalue weighted by atomic mass is 16.1. The molecule has 3 aromatic rings. The Bertz CT molecular complexity index is 1150. The first-order chi connectivity index (χ1) is 14.7. The van der Waals surface area contributed by atoms with Crippen molar-refractivity contribution < 1.29 is 0 Å². The van der Waals surface area contributed by atoms with Gasteiger partial charge in [-0.05, 0) is 62.1 Å². The Balaban J connectivity index is 1.55. The van der Waals surface area contributed by atoms with Crippen molar-refractivity contribution in [2.45, 2.75) is 57.2 Å². The van der Waals surface area contributed by atoms with Crippen molar-refractivity contribution in [1.29, 1.82) is 5.26 Å². The topological polar surface area (TPSA) is 61.9 Å². The monoisotopic (exact) mass is 398 g/mol. The molecule has 152 valence electrons. The zero-order chi connectivity index (χ0) is 20.5. The normalized spacial score (nSPS) is 20.0. The molecule has 1 saturated carbocycles. The van der Waals surface area contributed by atoms with Crippen LogP contribution in [0.2, 0.25) is 0 Å². The molecule has 0 spiro atoms. The van der Waals surface area contributed by atoms with Gasteiger partial charge in [0, 0.05) is 12.6 Å². The van der Waals surface area contributed by atoms with Crippen molar-refractivity contribution in [1.82, 2.24) is 14.5 Å². The summed E-state index contributed by atoms with van der Waals surface area (Å²) in [7, 11) is 0. The van der Waals surface area contributed by atoms with E-state index in [0.717, 1.165) is 55.5 Å². The summed E-state index contributed by atoms with van der Waals surface area (Å²) in [6.07, 6.45) is 6.62. The van der Waals surface area contributed by atoms with Crippen LogP contribution in [0.15, 0.2) is 53.3 Å². The van der Waals surface area contributed by atoms with E-state index in [9.17, 15) is 4.79 Å². The Morgan fingerprint density at radius 1 is 1.00 bits per heavy atom. The maximum atomic E-state index is 13.5. The van der Waals surface area contributed by atoms with E-state index < -0.39 is 0 Å². The van der Waals surface area contributed by atoms with E-state index in [1.807, 2.05) is 53.1 Å². The van der Waals surface area contributed by atoms with E-state index in [0.29, 0.717) is 5.56 Å². The Hall–Kier alpha value is -2.97. The third-order valence-electron chi connectivity index (χ3n) is 6.66. The summed E-state index contributed by atoms with van der Waals surface area (Å²) < 4.78 is 2.04. The number of aromatic nitrogens is 2. The maximum Gasteiger partial charge on any atom is 0.261 e. The zero-order valence-corrected chi connectivity index (χ0v) is 17.1. The van der Waals surface area contributed by atoms with Crippen LogP contribution in [0.25, 0.3) is 10.9 Å². The molecule has 1 unspecified atom stereocenters. The molecule has 1 aliphatic carbocycles. The standard InChI is InChI=1S/C25H26N4O/c26-16-18-11-13-19(14-12-18)17-28-15-5-10-23(28)24-27-22-9-4-3-8-21(22)25(30)29(24)20-6-1-2-7-20/h3-4,8-9,11-14,20,23H,1-2,5-7,10,15,17H2. The Morgan fingerprint density at radius 2 is 1.77 bits per heavy atom. The second-order valence-electron chi connectivity index (χ2n) is 8.54. The fourth-order valence-electron chi connectivity index (χ4n) is 5.14. The van der Waals surface area contributed by atoms with Crippen molar-refractivity contribution in [3.63, 3.8) is 0 Å². The van der Waals surface area contributed by atoms with E-state index in [2.05, 4.69) is 11.0 Å². The van der Waals surface area contributed by atoms with E-state index in [4.69, 9.17) is 10.2 Å². The number of likely N-dealkylation sites (tertiary alicyclic amines) is 1. The van der Waals surface area contributed by atoms with Crippen molar-refractivity contribution in [3.8, 4) is 6.07 Å². The van der Waals surface area contributed by atoms with Gasteiger partial charge in [-0.25, -0.2) is 4.98 Å². The predicted octanol–water partition coefficient (Wildman–Crippen LogP) is 4.72. The molecule has 2 heterocycles. The predicted molar refractivity (Wildman–Crippen MR) is 117 cm³/mol. The van der Waals surface area contributed by atoms with Gasteiger partial charge in [-0.15, -0.1) is 0 Å². The lowest BCUT2D eigenvalue weighted by Gasteiger charge is -2.28. The molecule has 0 radical (unpaired) electrons. The number of nitriles is 1. The Kier molecular flexibility index (Phi) is 5.10. The number of benzene rings is 2. The van der Waals surface area contributed by atoms with Crippen LogP contribution in [0.3, 0.4) is 0 Å². The van der Waals surface area contributed by atoms with Gasteiger partial charge in [-0.3, -0.25) is 14.3 Å². The van der Waals surface area contributed by atoms with Gasteiger partial charge >= 0.3 is 0 Å². The first-order valence-electron chi connectivity index (χ1n) is 11.0. The summed E-state index contributed by atoms with van der Waals surface area (Å²) in [6, 6.07) is 18.2. The van der Waals surface area contributed by atoms with Crippen LogP contribution in [0.1, 0.15) is 67.6 Å². The minimum atomic E-state index is 0.118. The van der Waals surface area contributed by atoms with Gasteiger partial charge in [0.15, 0.2) is 0 Å². The smallest absolute Gasteiger partial charge is 0.261 e. The van der Waals surface area contributed by atoms with Crippen molar-refractivity contribution >= 4 is 10.9 Å². The van der Waals surface area contributed by atoms with E-state index in [1.165, 1.54) is 18.4 Å². The molecule has 0 bridgehead atoms. The molecular formula is C25H26N4O. The quantitative estimate of drug-likeness (QED) is 0.638. The largest absolute Gasteiger partial charge is 0.292 e. The van der Waals surface area contributed by atoms with Crippen LogP contribution in [0, 0.1) is 11.3 Å². The number of hydrogen-bond donors (Lipinski definition) is 0. The fraction of sp³-hybridized carbons (Fsp3) is 0.400. The van der Waals surface area contributed by atoms with Gasteiger partial charge in [0.05, 0.1) is 28.6 Å². The lowest BCUT2D eigenvalue weighted by Crippen LogP contribution is -2.33. The van der Waals surface area contributed by atoms with E-state index in [1.54, 1.807) is 0 Å². The molecule has 2 aliphatic rings. The van der Waals surface area contributed by atoms with Gasteiger partial charge < -0.3 is 0 Å². The van der Waals surface area contributed by atoms with Gasteiger partial charge in [0.25, 0.3) is 5.56 Å². The average Bonchev–Trinajstić information content (AvgIpc) is 3.46. The first kappa shape index (κ1) is 19.0. The summed E-state index contributed by atoms with van der Waals surface area (Å²) in [4.78, 5) is 21.0. The highest BCUT2D eigenvalue weighted by Gasteiger charge is 2.33. The third kappa shape index (κ3) is 3.42. The molecule has 1 aromatic heterocycles. The summed E-state index contributed by atoms with van der Waals surface area (Å²) in [5.74, 6) is 0.941. The summed E-state index contributed by atoms with van der Waals surface area (Å²) in [6.45, 7) is 1.81. The van der Waals surface area contributed by atoms with Gasteiger partial charge in [0.2, 0.25) is 0 Å². The molecule has 5 rings (SSSR count). The number of rotatable bonds is 4. The molecule has 2 aromatic carbocycles. The molecule has 0 N–H and O–H groups in total. The van der Waals surface area contributed by atoms with Crippen molar-refractivity contribution in [2.24, 2.45) is 0 Å². The van der Waals surface area contributed by atoms with Crippen LogP contribution in [0.4, 0.5) is 0 Å². The second kappa shape index (κ2) is 8.04. The zero-order valence-electron chi connectivity index (χ0n) is 17.1. The second-order valence-corrected chi connectivity index (χ2v) is 8.54. The highest BCUT2D eigenvalue weighted by Crippen LogP contribution is 2.36. The highest BCUT2D eigenvalue weighted by molar-refractivity contribution is 5.77. The Labute approximate surface area is 176 Å². The van der Waals surface area contributed by atoms with Gasteiger partial charge in [0.1, 0.15) is 5.82 Å². The summed E-state index contributed by atoms with van der Waals surface area (Å²) in [5.41, 5.74) is 2.80. The molecule has 30 heavy (non-hydrogen) atoms. The van der Waals surface area contributed by atoms with Crippen LogP contribution in [-0.2, 0) is 6.54 Å². The van der Waals surface area contributed by atoms with E-state index in [-0.39, 0.29) is 17.6 Å². The van der Waals surface area contributed by atoms with Crippen LogP contribution >= 0.6 is 0 Å². The molecular weight excluding hydrogens is 372 g/mol. The van der Waals surface area contributed by atoms with Crippen LogP contribution in [0.5, 0.6) is 0 Å². The number of fused-ring (bicyclic) bond motifs is 1. The lowest BCUT2D eigenvalue weighted by atomic mass is 10.1.